The first-order valence-corrected chi connectivity index (χ1v) is 8.62. The quantitative estimate of drug-likeness (QED) is 0.802. The molecule has 116 valence electrons. The van der Waals surface area contributed by atoms with Gasteiger partial charge in [0.15, 0.2) is 0 Å². The summed E-state index contributed by atoms with van der Waals surface area (Å²) in [6.45, 7) is 2.02. The van der Waals surface area contributed by atoms with E-state index in [0.717, 1.165) is 58.4 Å². The smallest absolute Gasteiger partial charge is 0.258 e. The van der Waals surface area contributed by atoms with Crippen LogP contribution in [0.1, 0.15) is 40.0 Å². The van der Waals surface area contributed by atoms with Crippen LogP contribution in [0, 0.1) is 0 Å². The van der Waals surface area contributed by atoms with Gasteiger partial charge < -0.3 is 0 Å². The summed E-state index contributed by atoms with van der Waals surface area (Å²) in [6, 6.07) is 7.83. The van der Waals surface area contributed by atoms with Crippen molar-refractivity contribution in [2.24, 2.45) is 0 Å². The minimum atomic E-state index is -0.111. The fraction of sp³-hybridized carbons (Fsp3) is 0.294. The van der Waals surface area contributed by atoms with Gasteiger partial charge in [0.05, 0.1) is 11.1 Å². The Bertz CT molecular complexity index is 903. The molecule has 0 fully saturated rings. The molecule has 23 heavy (non-hydrogen) atoms. The Hall–Kier alpha value is -2.34. The van der Waals surface area contributed by atoms with Crippen molar-refractivity contribution in [3.05, 3.63) is 46.1 Å². The molecule has 0 bridgehead atoms. The highest BCUT2D eigenvalue weighted by atomic mass is 32.1. The number of rotatable bonds is 3. The minimum Gasteiger partial charge on any atom is -0.296 e. The van der Waals surface area contributed by atoms with E-state index in [1.54, 1.807) is 0 Å². The van der Waals surface area contributed by atoms with E-state index in [2.05, 4.69) is 15.5 Å². The van der Waals surface area contributed by atoms with Crippen LogP contribution in [-0.2, 0) is 19.3 Å². The largest absolute Gasteiger partial charge is 0.296 e. The van der Waals surface area contributed by atoms with Crippen molar-refractivity contribution >= 4 is 33.3 Å². The second-order valence-corrected chi connectivity index (χ2v) is 6.65. The number of carbonyl (C=O) groups excluding carboxylic acids is 1. The fourth-order valence-corrected chi connectivity index (χ4v) is 3.75. The Morgan fingerprint density at radius 3 is 2.96 bits per heavy atom. The molecule has 0 spiro atoms. The number of hydrogen-bond acceptors (Lipinski definition) is 5. The predicted octanol–water partition coefficient (Wildman–Crippen LogP) is 3.39. The lowest BCUT2D eigenvalue weighted by Gasteiger charge is -2.11. The number of carbonyl (C=O) groups is 1. The fourth-order valence-electron chi connectivity index (χ4n) is 3.08. The number of aryl methyl sites for hydroxylation is 2. The third-order valence-corrected chi connectivity index (χ3v) is 5.12. The standard InChI is InChI=1S/C17H16N4OS/c1-2-14-20-21-17(23-14)19-16(22)15-10-6-3-4-8-12(10)18-13-9-5-7-11(13)15/h3-4,6,8H,2,5,7,9H2,1H3,(H,19,21,22). The van der Waals surface area contributed by atoms with E-state index in [9.17, 15) is 4.79 Å². The van der Waals surface area contributed by atoms with Crippen LogP contribution in [0.4, 0.5) is 5.13 Å². The van der Waals surface area contributed by atoms with Gasteiger partial charge in [-0.15, -0.1) is 10.2 Å². The molecule has 0 radical (unpaired) electrons. The van der Waals surface area contributed by atoms with Gasteiger partial charge in [0, 0.05) is 11.1 Å². The Labute approximate surface area is 137 Å². The molecule has 3 aromatic rings. The first-order chi connectivity index (χ1) is 11.3. The molecule has 4 rings (SSSR count). The van der Waals surface area contributed by atoms with E-state index in [1.165, 1.54) is 11.3 Å². The molecular formula is C17H16N4OS. The van der Waals surface area contributed by atoms with Gasteiger partial charge in [0.2, 0.25) is 5.13 Å². The third-order valence-electron chi connectivity index (χ3n) is 4.14. The molecule has 1 amide bonds. The van der Waals surface area contributed by atoms with E-state index in [-0.39, 0.29) is 5.91 Å². The number of aromatic nitrogens is 3. The first kappa shape index (κ1) is 14.3. The summed E-state index contributed by atoms with van der Waals surface area (Å²) in [6.07, 6.45) is 3.73. The maximum absolute atomic E-state index is 12.9. The molecule has 1 aliphatic carbocycles. The van der Waals surface area contributed by atoms with E-state index < -0.39 is 0 Å². The Morgan fingerprint density at radius 1 is 1.26 bits per heavy atom. The summed E-state index contributed by atoms with van der Waals surface area (Å²) in [5.74, 6) is -0.111. The van der Waals surface area contributed by atoms with Crippen molar-refractivity contribution in [1.82, 2.24) is 15.2 Å². The van der Waals surface area contributed by atoms with Crippen LogP contribution in [0.3, 0.4) is 0 Å². The van der Waals surface area contributed by atoms with Crippen molar-refractivity contribution in [2.45, 2.75) is 32.6 Å². The van der Waals surface area contributed by atoms with Crippen LogP contribution >= 0.6 is 11.3 Å². The molecule has 2 aromatic heterocycles. The molecule has 0 aliphatic heterocycles. The number of pyridine rings is 1. The summed E-state index contributed by atoms with van der Waals surface area (Å²) in [7, 11) is 0. The summed E-state index contributed by atoms with van der Waals surface area (Å²) in [5, 5.41) is 13.4. The molecule has 1 aromatic carbocycles. The van der Waals surface area contributed by atoms with Crippen molar-refractivity contribution in [2.75, 3.05) is 5.32 Å². The summed E-state index contributed by atoms with van der Waals surface area (Å²) < 4.78 is 0. The van der Waals surface area contributed by atoms with Crippen LogP contribution < -0.4 is 5.32 Å². The van der Waals surface area contributed by atoms with E-state index in [0.29, 0.717) is 5.13 Å². The van der Waals surface area contributed by atoms with Gasteiger partial charge in [-0.2, -0.15) is 0 Å². The summed E-state index contributed by atoms with van der Waals surface area (Å²) in [4.78, 5) is 17.6. The Morgan fingerprint density at radius 2 is 2.13 bits per heavy atom. The number of para-hydroxylation sites is 1. The molecule has 1 aliphatic rings. The summed E-state index contributed by atoms with van der Waals surface area (Å²) >= 11 is 1.42. The van der Waals surface area contributed by atoms with Gasteiger partial charge in [-0.05, 0) is 37.3 Å². The monoisotopic (exact) mass is 324 g/mol. The molecule has 0 unspecified atom stereocenters. The predicted molar refractivity (Wildman–Crippen MR) is 91.0 cm³/mol. The molecular weight excluding hydrogens is 308 g/mol. The average molecular weight is 324 g/mol. The second-order valence-electron chi connectivity index (χ2n) is 5.59. The van der Waals surface area contributed by atoms with Crippen LogP contribution in [0.5, 0.6) is 0 Å². The zero-order valence-corrected chi connectivity index (χ0v) is 13.6. The van der Waals surface area contributed by atoms with Gasteiger partial charge >= 0.3 is 0 Å². The van der Waals surface area contributed by atoms with Gasteiger partial charge in [0.1, 0.15) is 5.01 Å². The van der Waals surface area contributed by atoms with Crippen LogP contribution in [0.25, 0.3) is 10.9 Å². The van der Waals surface area contributed by atoms with Gasteiger partial charge in [-0.3, -0.25) is 15.1 Å². The molecule has 0 saturated carbocycles. The van der Waals surface area contributed by atoms with E-state index >= 15 is 0 Å². The Kier molecular flexibility index (Phi) is 3.53. The lowest BCUT2D eigenvalue weighted by molar-refractivity contribution is 0.102. The molecule has 0 atom stereocenters. The summed E-state index contributed by atoms with van der Waals surface area (Å²) in [5.41, 5.74) is 3.77. The van der Waals surface area contributed by atoms with Crippen molar-refractivity contribution in [1.29, 1.82) is 0 Å². The van der Waals surface area contributed by atoms with Gasteiger partial charge in [-0.1, -0.05) is 36.5 Å². The lowest BCUT2D eigenvalue weighted by Crippen LogP contribution is -2.15. The second kappa shape index (κ2) is 5.70. The number of fused-ring (bicyclic) bond motifs is 2. The van der Waals surface area contributed by atoms with Crippen LogP contribution in [0.15, 0.2) is 24.3 Å². The molecule has 5 nitrogen and oxygen atoms in total. The van der Waals surface area contributed by atoms with Crippen molar-refractivity contribution < 1.29 is 4.79 Å². The number of anilines is 1. The van der Waals surface area contributed by atoms with Gasteiger partial charge in [-0.25, -0.2) is 0 Å². The maximum atomic E-state index is 12.9. The maximum Gasteiger partial charge on any atom is 0.258 e. The molecule has 0 saturated heterocycles. The average Bonchev–Trinajstić information content (AvgIpc) is 3.20. The molecule has 1 N–H and O–H groups in total. The van der Waals surface area contributed by atoms with E-state index in [4.69, 9.17) is 4.98 Å². The number of nitrogens with one attached hydrogen (secondary N) is 1. The van der Waals surface area contributed by atoms with Crippen molar-refractivity contribution in [3.63, 3.8) is 0 Å². The number of amides is 1. The van der Waals surface area contributed by atoms with Crippen LogP contribution in [0.2, 0.25) is 0 Å². The molecule has 2 heterocycles. The molecule has 6 heteroatoms. The topological polar surface area (TPSA) is 67.8 Å². The van der Waals surface area contributed by atoms with E-state index in [1.807, 2.05) is 31.2 Å². The number of benzene rings is 1. The first-order valence-electron chi connectivity index (χ1n) is 7.80. The minimum absolute atomic E-state index is 0.111. The van der Waals surface area contributed by atoms with Crippen molar-refractivity contribution in [3.8, 4) is 0 Å². The highest BCUT2D eigenvalue weighted by molar-refractivity contribution is 7.15. The Balaban J connectivity index is 1.79. The zero-order valence-electron chi connectivity index (χ0n) is 12.8. The van der Waals surface area contributed by atoms with Crippen LogP contribution in [-0.4, -0.2) is 21.1 Å². The zero-order chi connectivity index (χ0) is 15.8. The van der Waals surface area contributed by atoms with Gasteiger partial charge in [0.25, 0.3) is 5.91 Å². The SMILES string of the molecule is CCc1nnc(NC(=O)c2c3c(nc4ccccc24)CCC3)s1. The highest BCUT2D eigenvalue weighted by Gasteiger charge is 2.24. The highest BCUT2D eigenvalue weighted by Crippen LogP contribution is 2.30. The lowest BCUT2D eigenvalue weighted by atomic mass is 10.0. The normalized spacial score (nSPS) is 13.3. The number of nitrogens with zero attached hydrogens (tertiary/aromatic N) is 3. The number of hydrogen-bond donors (Lipinski definition) is 1. The third kappa shape index (κ3) is 2.49.